The highest BCUT2D eigenvalue weighted by atomic mass is 16.6. The Balaban J connectivity index is 1.95. The van der Waals surface area contributed by atoms with Crippen LogP contribution < -0.4 is 0 Å². The summed E-state index contributed by atoms with van der Waals surface area (Å²) in [5.74, 6) is 0.183. The molecule has 1 aliphatic rings. The number of benzene rings is 1. The van der Waals surface area contributed by atoms with Crippen LogP contribution >= 0.6 is 0 Å². The predicted octanol–water partition coefficient (Wildman–Crippen LogP) is 2.93. The largest absolute Gasteiger partial charge is 0.459 e. The maximum absolute atomic E-state index is 11.7. The quantitative estimate of drug-likeness (QED) is 0.610. The summed E-state index contributed by atoms with van der Waals surface area (Å²) in [6, 6.07) is 11.2. The number of aliphatic imine (C=N–C) groups is 1. The minimum absolute atomic E-state index is 0.203. The first-order chi connectivity index (χ1) is 9.22. The Bertz CT molecular complexity index is 681. The minimum atomic E-state index is -0.465. The Morgan fingerprint density at radius 3 is 2.84 bits per heavy atom. The zero-order valence-corrected chi connectivity index (χ0v) is 10.3. The van der Waals surface area contributed by atoms with Gasteiger partial charge in [0.2, 0.25) is 0 Å². The molecule has 0 amide bonds. The molecule has 0 bridgehead atoms. The van der Waals surface area contributed by atoms with Crippen molar-refractivity contribution >= 4 is 17.9 Å². The zero-order valence-electron chi connectivity index (χ0n) is 10.3. The number of rotatable bonds is 2. The summed E-state index contributed by atoms with van der Waals surface area (Å²) >= 11 is 0. The third kappa shape index (κ3) is 2.33. The smallest absolute Gasteiger partial charge is 0.363 e. The topological polar surface area (TPSA) is 51.8 Å². The third-order valence-electron chi connectivity index (χ3n) is 2.70. The van der Waals surface area contributed by atoms with Gasteiger partial charge in [0.15, 0.2) is 11.5 Å². The van der Waals surface area contributed by atoms with Gasteiger partial charge in [-0.3, -0.25) is 0 Å². The van der Waals surface area contributed by atoms with Crippen LogP contribution in [0, 0.1) is 6.92 Å². The van der Waals surface area contributed by atoms with Crippen molar-refractivity contribution in [2.45, 2.75) is 6.92 Å². The van der Waals surface area contributed by atoms with Gasteiger partial charge in [-0.2, -0.15) is 0 Å². The van der Waals surface area contributed by atoms with Gasteiger partial charge < -0.3 is 9.15 Å². The summed E-state index contributed by atoms with van der Waals surface area (Å²) in [6.07, 6.45) is 3.21. The fourth-order valence-corrected chi connectivity index (χ4v) is 1.83. The molecule has 1 aromatic carbocycles. The van der Waals surface area contributed by atoms with Crippen molar-refractivity contribution in [3.05, 3.63) is 65.2 Å². The van der Waals surface area contributed by atoms with Crippen LogP contribution in [0.1, 0.15) is 16.9 Å². The Hall–Kier alpha value is -2.62. The van der Waals surface area contributed by atoms with Gasteiger partial charge in [0.25, 0.3) is 5.90 Å². The first-order valence-electron chi connectivity index (χ1n) is 5.85. The van der Waals surface area contributed by atoms with Crippen LogP contribution in [0.15, 0.2) is 57.8 Å². The fraction of sp³-hybridized carbons (Fsp3) is 0.0667. The number of furan rings is 1. The molecule has 2 aromatic rings. The van der Waals surface area contributed by atoms with Gasteiger partial charge in [0.1, 0.15) is 0 Å². The van der Waals surface area contributed by atoms with Crippen LogP contribution in [-0.2, 0) is 9.53 Å². The molecule has 0 unspecified atom stereocenters. The first-order valence-corrected chi connectivity index (χ1v) is 5.85. The molecule has 1 aromatic heterocycles. The average molecular weight is 253 g/mol. The van der Waals surface area contributed by atoms with Crippen LogP contribution in [-0.4, -0.2) is 11.9 Å². The Labute approximate surface area is 110 Å². The van der Waals surface area contributed by atoms with Crippen LogP contribution in [0.25, 0.3) is 6.08 Å². The first kappa shape index (κ1) is 11.5. The van der Waals surface area contributed by atoms with Crippen molar-refractivity contribution in [1.29, 1.82) is 0 Å². The third-order valence-corrected chi connectivity index (χ3v) is 2.70. The Kier molecular flexibility index (Phi) is 2.76. The molecule has 0 fully saturated rings. The number of carbonyl (C=O) groups is 1. The van der Waals surface area contributed by atoms with Crippen molar-refractivity contribution in [3.8, 4) is 0 Å². The Morgan fingerprint density at radius 2 is 2.11 bits per heavy atom. The SMILES string of the molecule is Cc1cccc(/C=C2/N=C(c3ccco3)OC2=O)c1. The van der Waals surface area contributed by atoms with E-state index in [0.29, 0.717) is 5.76 Å². The monoisotopic (exact) mass is 253 g/mol. The number of carbonyl (C=O) groups excluding carboxylic acids is 1. The van der Waals surface area contributed by atoms with Gasteiger partial charge in [-0.1, -0.05) is 29.8 Å². The normalized spacial score (nSPS) is 16.6. The number of nitrogens with zero attached hydrogens (tertiary/aromatic N) is 1. The molecule has 0 N–H and O–H groups in total. The second kappa shape index (κ2) is 4.57. The molecular weight excluding hydrogens is 242 g/mol. The molecule has 19 heavy (non-hydrogen) atoms. The number of cyclic esters (lactones) is 1. The van der Waals surface area contributed by atoms with E-state index in [1.54, 1.807) is 18.2 Å². The van der Waals surface area contributed by atoms with Crippen molar-refractivity contribution in [1.82, 2.24) is 0 Å². The molecule has 0 spiro atoms. The van der Waals surface area contributed by atoms with E-state index in [1.807, 2.05) is 31.2 Å². The number of hydrogen-bond donors (Lipinski definition) is 0. The van der Waals surface area contributed by atoms with E-state index in [0.717, 1.165) is 11.1 Å². The second-order valence-electron chi connectivity index (χ2n) is 4.23. The molecule has 0 radical (unpaired) electrons. The maximum atomic E-state index is 11.7. The molecule has 0 saturated carbocycles. The van der Waals surface area contributed by atoms with Gasteiger partial charge in [0, 0.05) is 0 Å². The summed E-state index contributed by atoms with van der Waals surface area (Å²) in [5, 5.41) is 0. The molecule has 3 rings (SSSR count). The van der Waals surface area contributed by atoms with Gasteiger partial charge >= 0.3 is 5.97 Å². The Morgan fingerprint density at radius 1 is 1.21 bits per heavy atom. The number of ether oxygens (including phenoxy) is 1. The standard InChI is InChI=1S/C15H11NO3/c1-10-4-2-5-11(8-10)9-12-15(17)19-14(16-12)13-6-3-7-18-13/h2-9H,1H3/b12-9+. The van der Waals surface area contributed by atoms with Gasteiger partial charge in [-0.25, -0.2) is 9.79 Å². The van der Waals surface area contributed by atoms with Crippen molar-refractivity contribution in [2.75, 3.05) is 0 Å². The summed E-state index contributed by atoms with van der Waals surface area (Å²) in [5.41, 5.74) is 2.31. The summed E-state index contributed by atoms with van der Waals surface area (Å²) in [4.78, 5) is 15.9. The van der Waals surface area contributed by atoms with E-state index in [4.69, 9.17) is 9.15 Å². The van der Waals surface area contributed by atoms with Crippen LogP contribution in [0.4, 0.5) is 0 Å². The van der Waals surface area contributed by atoms with E-state index in [-0.39, 0.29) is 11.6 Å². The molecule has 4 nitrogen and oxygen atoms in total. The number of aryl methyl sites for hydroxylation is 1. The van der Waals surface area contributed by atoms with Crippen LogP contribution in [0.5, 0.6) is 0 Å². The van der Waals surface area contributed by atoms with E-state index < -0.39 is 5.97 Å². The van der Waals surface area contributed by atoms with Crippen molar-refractivity contribution < 1.29 is 13.9 Å². The molecular formula is C15H11NO3. The van der Waals surface area contributed by atoms with Crippen molar-refractivity contribution in [2.24, 2.45) is 4.99 Å². The molecule has 0 saturated heterocycles. The highest BCUT2D eigenvalue weighted by molar-refractivity contribution is 6.11. The highest BCUT2D eigenvalue weighted by Gasteiger charge is 2.25. The summed E-state index contributed by atoms with van der Waals surface area (Å²) in [6.45, 7) is 1.99. The van der Waals surface area contributed by atoms with Crippen LogP contribution in [0.2, 0.25) is 0 Å². The van der Waals surface area contributed by atoms with Crippen molar-refractivity contribution in [3.63, 3.8) is 0 Å². The molecule has 94 valence electrons. The predicted molar refractivity (Wildman–Crippen MR) is 70.5 cm³/mol. The minimum Gasteiger partial charge on any atom is -0.459 e. The van der Waals surface area contributed by atoms with Gasteiger partial charge in [-0.05, 0) is 30.7 Å². The highest BCUT2D eigenvalue weighted by Crippen LogP contribution is 2.19. The zero-order chi connectivity index (χ0) is 13.2. The lowest BCUT2D eigenvalue weighted by Crippen LogP contribution is -2.04. The van der Waals surface area contributed by atoms with E-state index in [2.05, 4.69) is 4.99 Å². The van der Waals surface area contributed by atoms with Gasteiger partial charge in [-0.15, -0.1) is 0 Å². The average Bonchev–Trinajstić information content (AvgIpc) is 3.00. The van der Waals surface area contributed by atoms with Gasteiger partial charge in [0.05, 0.1) is 6.26 Å². The number of esters is 1. The molecule has 2 heterocycles. The molecule has 0 aliphatic carbocycles. The summed E-state index contributed by atoms with van der Waals surface area (Å²) in [7, 11) is 0. The maximum Gasteiger partial charge on any atom is 0.363 e. The van der Waals surface area contributed by atoms with Crippen LogP contribution in [0.3, 0.4) is 0 Å². The lowest BCUT2D eigenvalue weighted by Gasteiger charge is -1.95. The fourth-order valence-electron chi connectivity index (χ4n) is 1.83. The molecule has 1 aliphatic heterocycles. The lowest BCUT2D eigenvalue weighted by atomic mass is 10.1. The van der Waals surface area contributed by atoms with E-state index >= 15 is 0 Å². The lowest BCUT2D eigenvalue weighted by molar-refractivity contribution is -0.130. The molecule has 4 heteroatoms. The van der Waals surface area contributed by atoms with E-state index in [9.17, 15) is 4.79 Å². The van der Waals surface area contributed by atoms with E-state index in [1.165, 1.54) is 6.26 Å². The summed E-state index contributed by atoms with van der Waals surface area (Å²) < 4.78 is 10.2. The number of hydrogen-bond acceptors (Lipinski definition) is 4. The second-order valence-corrected chi connectivity index (χ2v) is 4.23. The molecule has 0 atom stereocenters.